The van der Waals surface area contributed by atoms with Crippen molar-refractivity contribution in [3.05, 3.63) is 11.8 Å². The predicted octanol–water partition coefficient (Wildman–Crippen LogP) is 0.412. The maximum absolute atomic E-state index is 13.4. The number of carbonyl (C=O) groups excluding carboxylic acids is 2. The van der Waals surface area contributed by atoms with Crippen molar-refractivity contribution in [2.75, 3.05) is 7.11 Å². The molecule has 0 amide bonds. The molecule has 1 heterocycles. The highest BCUT2D eigenvalue weighted by molar-refractivity contribution is 5.99. The molecule has 7 heteroatoms. The number of fused-ring (bicyclic) bond motifs is 2. The Kier molecular flexibility index (Phi) is 4.05. The van der Waals surface area contributed by atoms with Gasteiger partial charge in [0.15, 0.2) is 5.76 Å². The Morgan fingerprint density at radius 3 is 2.52 bits per heavy atom. The largest absolute Gasteiger partial charge is 0.493 e. The standard InChI is InChI=1S/C20H28O7/c1-8-5-12(26-4)17(23)19(2)9(8)6-11-14-10(7-13(21)27-11)20(3,25)18(24)16(22)15(14)19/h5,8-11,14-16,18,22,24-25H,6-7H2,1-4H3. The topological polar surface area (TPSA) is 113 Å². The molecule has 4 aliphatic rings. The van der Waals surface area contributed by atoms with Gasteiger partial charge in [-0.05, 0) is 31.3 Å². The lowest BCUT2D eigenvalue weighted by Gasteiger charge is -2.64. The molecule has 1 saturated heterocycles. The van der Waals surface area contributed by atoms with E-state index in [1.54, 1.807) is 6.08 Å². The fraction of sp³-hybridized carbons (Fsp3) is 0.800. The zero-order valence-corrected chi connectivity index (χ0v) is 16.1. The molecule has 3 aliphatic carbocycles. The molecule has 4 rings (SSSR count). The van der Waals surface area contributed by atoms with Crippen molar-refractivity contribution >= 4 is 11.8 Å². The van der Waals surface area contributed by atoms with Crippen LogP contribution >= 0.6 is 0 Å². The number of aliphatic hydroxyl groups is 3. The fourth-order valence-corrected chi connectivity index (χ4v) is 6.58. The number of hydrogen-bond acceptors (Lipinski definition) is 7. The minimum atomic E-state index is -1.63. The van der Waals surface area contributed by atoms with Crippen molar-refractivity contribution < 1.29 is 34.4 Å². The van der Waals surface area contributed by atoms with Gasteiger partial charge in [-0.25, -0.2) is 0 Å². The number of aliphatic hydroxyl groups excluding tert-OH is 2. The molecule has 0 aromatic rings. The number of hydrogen-bond donors (Lipinski definition) is 3. The van der Waals surface area contributed by atoms with E-state index in [4.69, 9.17) is 9.47 Å². The Bertz CT molecular complexity index is 713. The van der Waals surface area contributed by atoms with Gasteiger partial charge >= 0.3 is 5.97 Å². The van der Waals surface area contributed by atoms with Crippen molar-refractivity contribution in [3.63, 3.8) is 0 Å². The Morgan fingerprint density at radius 1 is 1.22 bits per heavy atom. The smallest absolute Gasteiger partial charge is 0.306 e. The highest BCUT2D eigenvalue weighted by atomic mass is 16.5. The number of methoxy groups -OCH3 is 1. The first-order chi connectivity index (χ1) is 12.5. The molecule has 27 heavy (non-hydrogen) atoms. The zero-order chi connectivity index (χ0) is 19.9. The van der Waals surface area contributed by atoms with E-state index in [-0.39, 0.29) is 29.8 Å². The van der Waals surface area contributed by atoms with E-state index < -0.39 is 53.1 Å². The van der Waals surface area contributed by atoms with Crippen molar-refractivity contribution in [2.45, 2.75) is 57.5 Å². The molecule has 3 N–H and O–H groups in total. The molecule has 0 bridgehead atoms. The van der Waals surface area contributed by atoms with E-state index in [2.05, 4.69) is 0 Å². The number of ether oxygens (including phenoxy) is 2. The Labute approximate surface area is 158 Å². The van der Waals surface area contributed by atoms with Crippen LogP contribution in [0.1, 0.15) is 33.6 Å². The van der Waals surface area contributed by atoms with Crippen LogP contribution in [0.15, 0.2) is 11.8 Å². The van der Waals surface area contributed by atoms with E-state index in [1.165, 1.54) is 14.0 Å². The summed E-state index contributed by atoms with van der Waals surface area (Å²) in [7, 11) is 1.45. The van der Waals surface area contributed by atoms with E-state index in [0.29, 0.717) is 6.42 Å². The van der Waals surface area contributed by atoms with Crippen molar-refractivity contribution in [2.24, 2.45) is 35.0 Å². The summed E-state index contributed by atoms with van der Waals surface area (Å²) in [6.45, 7) is 5.27. The molecule has 0 spiro atoms. The number of carbonyl (C=O) groups is 2. The fourth-order valence-electron chi connectivity index (χ4n) is 6.58. The lowest BCUT2D eigenvalue weighted by molar-refractivity contribution is -0.278. The van der Waals surface area contributed by atoms with Crippen LogP contribution in [0.2, 0.25) is 0 Å². The van der Waals surface area contributed by atoms with Gasteiger partial charge in [-0.3, -0.25) is 9.59 Å². The molecule has 0 aromatic carbocycles. The third-order valence-electron chi connectivity index (χ3n) is 7.95. The molecule has 3 fully saturated rings. The summed E-state index contributed by atoms with van der Waals surface area (Å²) >= 11 is 0. The van der Waals surface area contributed by atoms with Gasteiger partial charge in [0.2, 0.25) is 5.78 Å². The zero-order valence-electron chi connectivity index (χ0n) is 16.1. The first-order valence-electron chi connectivity index (χ1n) is 9.63. The van der Waals surface area contributed by atoms with Crippen LogP contribution in [0.3, 0.4) is 0 Å². The molecule has 10 atom stereocenters. The second kappa shape index (κ2) is 5.78. The predicted molar refractivity (Wildman–Crippen MR) is 93.1 cm³/mol. The number of Topliss-reactive ketones (excluding diaryl/α,β-unsaturated/α-hetero) is 1. The summed E-state index contributed by atoms with van der Waals surface area (Å²) in [5.41, 5.74) is -2.61. The van der Waals surface area contributed by atoms with Crippen LogP contribution < -0.4 is 0 Å². The average molecular weight is 380 g/mol. The third-order valence-corrected chi connectivity index (χ3v) is 7.95. The number of allylic oxidation sites excluding steroid dienone is 2. The van der Waals surface area contributed by atoms with Crippen molar-refractivity contribution in [1.29, 1.82) is 0 Å². The SMILES string of the molecule is COC1=CC(C)C2CC3OC(=O)CC4C3C(C(O)C(O)C4(C)O)C2(C)C1=O. The summed E-state index contributed by atoms with van der Waals surface area (Å²) in [6, 6.07) is 0. The normalized spacial score (nSPS) is 54.4. The van der Waals surface area contributed by atoms with Crippen LogP contribution in [-0.2, 0) is 19.1 Å². The summed E-state index contributed by atoms with van der Waals surface area (Å²) in [5.74, 6) is -2.13. The van der Waals surface area contributed by atoms with Gasteiger partial charge in [-0.15, -0.1) is 0 Å². The van der Waals surface area contributed by atoms with Gasteiger partial charge in [0.1, 0.15) is 12.2 Å². The molecule has 10 unspecified atom stereocenters. The minimum absolute atomic E-state index is 0.0190. The number of rotatable bonds is 1. The van der Waals surface area contributed by atoms with Gasteiger partial charge in [0, 0.05) is 23.2 Å². The van der Waals surface area contributed by atoms with Crippen LogP contribution in [-0.4, -0.2) is 58.1 Å². The molecule has 0 aromatic heterocycles. The minimum Gasteiger partial charge on any atom is -0.493 e. The number of esters is 1. The van der Waals surface area contributed by atoms with Gasteiger partial charge in [-0.2, -0.15) is 0 Å². The van der Waals surface area contributed by atoms with Gasteiger partial charge < -0.3 is 24.8 Å². The van der Waals surface area contributed by atoms with Crippen LogP contribution in [0.25, 0.3) is 0 Å². The molecular formula is C20H28O7. The van der Waals surface area contributed by atoms with Crippen molar-refractivity contribution in [3.8, 4) is 0 Å². The molecular weight excluding hydrogens is 352 g/mol. The molecule has 150 valence electrons. The van der Waals surface area contributed by atoms with Crippen LogP contribution in [0.4, 0.5) is 0 Å². The quantitative estimate of drug-likeness (QED) is 0.565. The van der Waals surface area contributed by atoms with Gasteiger partial charge in [-0.1, -0.05) is 13.8 Å². The van der Waals surface area contributed by atoms with E-state index in [0.717, 1.165) is 0 Å². The summed E-state index contributed by atoms with van der Waals surface area (Å²) in [5, 5.41) is 32.7. The highest BCUT2D eigenvalue weighted by Crippen LogP contribution is 2.63. The third kappa shape index (κ3) is 2.25. The Hall–Kier alpha value is -1.44. The van der Waals surface area contributed by atoms with E-state index in [9.17, 15) is 24.9 Å². The van der Waals surface area contributed by atoms with Crippen LogP contribution in [0, 0.1) is 35.0 Å². The summed E-state index contributed by atoms with van der Waals surface area (Å²) in [6.07, 6.45) is -1.00. The summed E-state index contributed by atoms with van der Waals surface area (Å²) < 4.78 is 10.9. The second-order valence-corrected chi connectivity index (χ2v) is 9.15. The van der Waals surface area contributed by atoms with Crippen LogP contribution in [0.5, 0.6) is 0 Å². The molecule has 1 aliphatic heterocycles. The highest BCUT2D eigenvalue weighted by Gasteiger charge is 2.70. The van der Waals surface area contributed by atoms with E-state index >= 15 is 0 Å². The monoisotopic (exact) mass is 380 g/mol. The van der Waals surface area contributed by atoms with Crippen molar-refractivity contribution in [1.82, 2.24) is 0 Å². The first-order valence-corrected chi connectivity index (χ1v) is 9.63. The maximum Gasteiger partial charge on any atom is 0.306 e. The summed E-state index contributed by atoms with van der Waals surface area (Å²) in [4.78, 5) is 25.6. The molecule has 7 nitrogen and oxygen atoms in total. The van der Waals surface area contributed by atoms with Gasteiger partial charge in [0.25, 0.3) is 0 Å². The maximum atomic E-state index is 13.4. The Morgan fingerprint density at radius 2 is 1.89 bits per heavy atom. The van der Waals surface area contributed by atoms with Gasteiger partial charge in [0.05, 0.1) is 25.2 Å². The Balaban J connectivity index is 1.89. The average Bonchev–Trinajstić information content (AvgIpc) is 2.61. The lowest BCUT2D eigenvalue weighted by atomic mass is 9.43. The lowest BCUT2D eigenvalue weighted by Crippen LogP contribution is -2.73. The second-order valence-electron chi connectivity index (χ2n) is 9.15. The van der Waals surface area contributed by atoms with E-state index in [1.807, 2.05) is 13.8 Å². The first kappa shape index (κ1) is 18.9. The molecule has 0 radical (unpaired) electrons. The number of ketones is 1. The molecule has 2 saturated carbocycles.